The lowest BCUT2D eigenvalue weighted by molar-refractivity contribution is 1.17. The third kappa shape index (κ3) is 11.5. The van der Waals surface area contributed by atoms with Crippen LogP contribution in [0.15, 0.2) is 438 Å². The van der Waals surface area contributed by atoms with Gasteiger partial charge in [0.05, 0.1) is 113 Å². The predicted molar refractivity (Wildman–Crippen MR) is 521 cm³/mol. The highest BCUT2D eigenvalue weighted by molar-refractivity contribution is 6.24. The highest BCUT2D eigenvalue weighted by Gasteiger charge is 2.24. The molecule has 15 aromatic carbocycles. The summed E-state index contributed by atoms with van der Waals surface area (Å²) >= 11 is 0. The van der Waals surface area contributed by atoms with Gasteiger partial charge in [-0.2, -0.15) is 0 Å². The van der Waals surface area contributed by atoms with Crippen molar-refractivity contribution in [2.24, 2.45) is 0 Å². The van der Waals surface area contributed by atoms with E-state index in [1.807, 2.05) is 55.6 Å². The predicted octanol–water partition coefficient (Wildman–Crippen LogP) is 28.5. The average Bonchev–Trinajstić information content (AvgIpc) is 1.59. The molecule has 0 bridgehead atoms. The Morgan fingerprint density at radius 3 is 0.825 bits per heavy atom. The van der Waals surface area contributed by atoms with Crippen molar-refractivity contribution in [1.82, 2.24) is 57.3 Å². The van der Waals surface area contributed by atoms with E-state index in [-0.39, 0.29) is 0 Å². The van der Waals surface area contributed by atoms with Crippen LogP contribution >= 0.6 is 0 Å². The van der Waals surface area contributed by atoms with Crippen LogP contribution in [0, 0.1) is 0 Å². The Morgan fingerprint density at radius 2 is 0.437 bits per heavy atom. The summed E-state index contributed by atoms with van der Waals surface area (Å²) in [6.07, 6.45) is 15.6. The fourth-order valence-corrected chi connectivity index (χ4v) is 19.7. The van der Waals surface area contributed by atoms with Crippen LogP contribution < -0.4 is 0 Å². The Kier molecular flexibility index (Phi) is 16.7. The van der Waals surface area contributed by atoms with Crippen LogP contribution in [0.1, 0.15) is 0 Å². The first kappa shape index (κ1) is 71.7. The number of fused-ring (bicyclic) bond motifs is 24. The van der Waals surface area contributed by atoms with Crippen molar-refractivity contribution < 1.29 is 0 Å². The molecule has 12 aromatic heterocycles. The zero-order valence-electron chi connectivity index (χ0n) is 67.9. The van der Waals surface area contributed by atoms with Crippen molar-refractivity contribution in [3.05, 3.63) is 438 Å². The third-order valence-corrected chi connectivity index (χ3v) is 25.3. The second-order valence-electron chi connectivity index (χ2n) is 32.2. The number of para-hydroxylation sites is 9. The van der Waals surface area contributed by atoms with E-state index in [0.29, 0.717) is 0 Å². The molecule has 27 rings (SSSR count). The minimum Gasteiger partial charge on any atom is -0.309 e. The molecule has 0 fully saturated rings. The minimum atomic E-state index is 1.00. The molecule has 12 heterocycles. The fraction of sp³-hybridized carbons (Fsp3) is 0. The highest BCUT2D eigenvalue weighted by atomic mass is 15.0. The SMILES string of the molecule is c1ccc(-n2c3ccc(-c4ccc5c(c4)c4c6ccccc6ncc4n5-c4ccccc4)cc3c3ccncc32)cc1.c1ccc(-n2c3ccc(-c4ccc5c(c4)c4c6ccccc6ncc4n5-c4ccccc4)cc3c3ncccc32)cc1.c1ccc(-n2c3ccncc3c3cc(-c4ccc5c(c4)c4c6ccccc6ncc4n5-c4ccccc4)ccc32)cc1. The summed E-state index contributed by atoms with van der Waals surface area (Å²) in [6, 6.07) is 138. The molecule has 0 N–H and O–H groups in total. The molecule has 126 heavy (non-hydrogen) atoms. The molecule has 0 spiro atoms. The van der Waals surface area contributed by atoms with Gasteiger partial charge in [0.15, 0.2) is 0 Å². The number of pyridine rings is 6. The van der Waals surface area contributed by atoms with Gasteiger partial charge in [0.1, 0.15) is 0 Å². The summed E-state index contributed by atoms with van der Waals surface area (Å²) in [7, 11) is 0. The lowest BCUT2D eigenvalue weighted by atomic mass is 10.00. The van der Waals surface area contributed by atoms with Gasteiger partial charge in [-0.25, -0.2) is 0 Å². The Hall–Kier alpha value is -17.2. The Balaban J connectivity index is 0.000000103. The van der Waals surface area contributed by atoms with Crippen LogP contribution in [0.5, 0.6) is 0 Å². The molecular formula is C114H72N12. The van der Waals surface area contributed by atoms with Crippen LogP contribution in [-0.2, 0) is 0 Å². The summed E-state index contributed by atoms with van der Waals surface area (Å²) in [4.78, 5) is 28.3. The molecular weight excluding hydrogens is 1540 g/mol. The summed E-state index contributed by atoms with van der Waals surface area (Å²) in [5.74, 6) is 0. The van der Waals surface area contributed by atoms with Gasteiger partial charge in [-0.15, -0.1) is 0 Å². The van der Waals surface area contributed by atoms with Crippen LogP contribution in [-0.4, -0.2) is 57.3 Å². The normalized spacial score (nSPS) is 11.8. The molecule has 0 aliphatic rings. The van der Waals surface area contributed by atoms with Crippen molar-refractivity contribution in [2.75, 3.05) is 0 Å². The van der Waals surface area contributed by atoms with Crippen LogP contribution in [0.2, 0.25) is 0 Å². The molecule has 0 amide bonds. The van der Waals surface area contributed by atoms with Gasteiger partial charge in [-0.3, -0.25) is 29.9 Å². The third-order valence-electron chi connectivity index (χ3n) is 25.3. The maximum atomic E-state index is 4.83. The Labute approximate surface area is 721 Å². The van der Waals surface area contributed by atoms with E-state index >= 15 is 0 Å². The number of aromatic nitrogens is 12. The van der Waals surface area contributed by atoms with E-state index < -0.39 is 0 Å². The number of benzene rings is 15. The summed E-state index contributed by atoms with van der Waals surface area (Å²) in [6.45, 7) is 0. The van der Waals surface area contributed by atoms with Crippen LogP contribution in [0.3, 0.4) is 0 Å². The van der Waals surface area contributed by atoms with E-state index in [2.05, 4.69) is 420 Å². The first-order chi connectivity index (χ1) is 62.5. The van der Waals surface area contributed by atoms with E-state index in [4.69, 9.17) is 19.9 Å². The number of hydrogen-bond donors (Lipinski definition) is 0. The summed E-state index contributed by atoms with van der Waals surface area (Å²) in [5, 5.41) is 16.8. The molecule has 0 saturated carbocycles. The van der Waals surface area contributed by atoms with Gasteiger partial charge in [0, 0.05) is 134 Å². The molecule has 0 radical (unpaired) electrons. The van der Waals surface area contributed by atoms with Crippen LogP contribution in [0.25, 0.3) is 231 Å². The van der Waals surface area contributed by atoms with Gasteiger partial charge in [-0.05, 0) is 221 Å². The van der Waals surface area contributed by atoms with Crippen molar-refractivity contribution in [2.45, 2.75) is 0 Å². The average molecular weight is 1610 g/mol. The monoisotopic (exact) mass is 1610 g/mol. The first-order valence-electron chi connectivity index (χ1n) is 42.5. The molecule has 0 unspecified atom stereocenters. The van der Waals surface area contributed by atoms with Crippen molar-refractivity contribution in [1.29, 1.82) is 0 Å². The Bertz CT molecular complexity index is 8190. The minimum absolute atomic E-state index is 1.00. The first-order valence-corrected chi connectivity index (χ1v) is 42.5. The quantitative estimate of drug-likeness (QED) is 0.142. The second kappa shape index (κ2) is 29.3. The van der Waals surface area contributed by atoms with E-state index in [9.17, 15) is 0 Å². The van der Waals surface area contributed by atoms with Gasteiger partial charge in [0.2, 0.25) is 0 Å². The smallest absolute Gasteiger partial charge is 0.0963 e. The standard InChI is InChI=1S/3C38H24N4/c1-3-10-27(11-4-1)41-34-20-18-26(23-31(34)38-35(41)16-9-21-39-38)25-17-19-33-30(22-25)37-29-14-7-8-15-32(29)40-24-36(37)42(33)28-12-5-2-6-13-28;1-3-9-27(10-4-1)41-34-17-15-25(21-31(34)29-19-20-39-23-36(29)41)26-16-18-35-32(22-26)38-30-13-7-8-14-33(30)40-24-37(38)42(35)28-11-5-2-6-12-28;1-3-9-27(10-4-1)41-34-17-15-25(21-30(34)32-23-39-20-19-36(32)41)26-16-18-35-31(22-26)38-29-13-7-8-14-33(29)40-24-37(38)42(35)28-11-5-2-6-12-28/h3*1-24H. The maximum Gasteiger partial charge on any atom is 0.0963 e. The van der Waals surface area contributed by atoms with E-state index in [1.54, 1.807) is 0 Å². The van der Waals surface area contributed by atoms with Gasteiger partial charge >= 0.3 is 0 Å². The maximum absolute atomic E-state index is 4.83. The number of nitrogens with zero attached hydrogens (tertiary/aromatic N) is 12. The number of hydrogen-bond acceptors (Lipinski definition) is 6. The highest BCUT2D eigenvalue weighted by Crippen LogP contribution is 2.46. The zero-order valence-corrected chi connectivity index (χ0v) is 67.9. The summed E-state index contributed by atoms with van der Waals surface area (Å²) in [5.41, 5.74) is 31.6. The zero-order chi connectivity index (χ0) is 82.9. The van der Waals surface area contributed by atoms with Crippen molar-refractivity contribution in [3.63, 3.8) is 0 Å². The summed E-state index contributed by atoms with van der Waals surface area (Å²) < 4.78 is 13.9. The molecule has 588 valence electrons. The van der Waals surface area contributed by atoms with Crippen molar-refractivity contribution >= 4 is 164 Å². The molecule has 0 atom stereocenters. The van der Waals surface area contributed by atoms with E-state index in [1.165, 1.54) is 120 Å². The lowest BCUT2D eigenvalue weighted by Crippen LogP contribution is -1.94. The molecule has 12 heteroatoms. The van der Waals surface area contributed by atoms with E-state index in [0.717, 1.165) is 111 Å². The molecule has 27 aromatic rings. The van der Waals surface area contributed by atoms with Crippen molar-refractivity contribution in [3.8, 4) is 67.5 Å². The Morgan fingerprint density at radius 1 is 0.151 bits per heavy atom. The molecule has 0 aliphatic carbocycles. The lowest BCUT2D eigenvalue weighted by Gasteiger charge is -2.09. The topological polar surface area (TPSA) is 107 Å². The van der Waals surface area contributed by atoms with Gasteiger partial charge < -0.3 is 27.4 Å². The fourth-order valence-electron chi connectivity index (χ4n) is 19.7. The molecule has 12 nitrogen and oxygen atoms in total. The van der Waals surface area contributed by atoms with Gasteiger partial charge in [0.25, 0.3) is 0 Å². The largest absolute Gasteiger partial charge is 0.309 e. The number of rotatable bonds is 9. The van der Waals surface area contributed by atoms with Crippen LogP contribution in [0.4, 0.5) is 0 Å². The second-order valence-corrected chi connectivity index (χ2v) is 32.2. The molecule has 0 saturated heterocycles. The van der Waals surface area contributed by atoms with Gasteiger partial charge in [-0.1, -0.05) is 200 Å². The molecule has 0 aliphatic heterocycles.